The van der Waals surface area contributed by atoms with E-state index in [1.807, 2.05) is 0 Å². The average molecular weight is 689 g/mol. The fourth-order valence-electron chi connectivity index (χ4n) is 1.26. The van der Waals surface area contributed by atoms with Crippen LogP contribution in [0.15, 0.2) is 0 Å². The molecule has 0 aromatic carbocycles. The first-order valence-electron chi connectivity index (χ1n) is 16.2. The van der Waals surface area contributed by atoms with Crippen molar-refractivity contribution in [3.05, 3.63) is 0 Å². The normalized spacial score (nSPS) is 8.00. The number of aliphatic hydroxyl groups excluding tert-OH is 8. The molecule has 0 unspecified atom stereocenters. The van der Waals surface area contributed by atoms with Crippen LogP contribution in [-0.2, 0) is 43.4 Å². The van der Waals surface area contributed by atoms with Crippen molar-refractivity contribution in [1.82, 2.24) is 0 Å². The molecule has 10 heteroatoms. The third-order valence-electron chi connectivity index (χ3n) is 4.09. The zero-order valence-corrected chi connectivity index (χ0v) is 32.7. The molecule has 0 radical (unpaired) electrons. The van der Waals surface area contributed by atoms with Gasteiger partial charge in [0.1, 0.15) is 0 Å². The van der Waals surface area contributed by atoms with E-state index in [9.17, 15) is 0 Å². The molecular formula is C32H80O8Ti2. The van der Waals surface area contributed by atoms with Gasteiger partial charge in [0.2, 0.25) is 0 Å². The van der Waals surface area contributed by atoms with Crippen LogP contribution < -0.4 is 0 Å². The SMILES string of the molecule is CCCCO.CCCCO.CCCCO.CCCCO.CCCCO.CCCCO.CCCCO.CCCCO.[Ti].[Ti]. The van der Waals surface area contributed by atoms with Crippen LogP contribution >= 0.6 is 0 Å². The summed E-state index contributed by atoms with van der Waals surface area (Å²) >= 11 is 0. The van der Waals surface area contributed by atoms with Crippen molar-refractivity contribution in [2.75, 3.05) is 52.9 Å². The summed E-state index contributed by atoms with van der Waals surface area (Å²) in [5.41, 5.74) is 0. The summed E-state index contributed by atoms with van der Waals surface area (Å²) in [5, 5.41) is 64.5. The van der Waals surface area contributed by atoms with E-state index in [0.29, 0.717) is 52.9 Å². The largest absolute Gasteiger partial charge is 0.396 e. The zero-order chi connectivity index (χ0) is 33.0. The molecule has 0 fully saturated rings. The van der Waals surface area contributed by atoms with Crippen LogP contribution in [0.4, 0.5) is 0 Å². The number of aliphatic hydroxyl groups is 8. The van der Waals surface area contributed by atoms with Crippen molar-refractivity contribution < 1.29 is 84.3 Å². The Labute approximate surface area is 293 Å². The van der Waals surface area contributed by atoms with Crippen molar-refractivity contribution >= 4 is 0 Å². The van der Waals surface area contributed by atoms with Crippen LogP contribution in [0.1, 0.15) is 158 Å². The van der Waals surface area contributed by atoms with Gasteiger partial charge in [0.25, 0.3) is 0 Å². The third kappa shape index (κ3) is 226. The molecule has 0 saturated heterocycles. The standard InChI is InChI=1S/8C4H10O.2Ti/c8*1-2-3-4-5;;/h8*5H,2-4H2,1H3;;. The second kappa shape index (κ2) is 113. The van der Waals surface area contributed by atoms with E-state index in [0.717, 1.165) is 103 Å². The summed E-state index contributed by atoms with van der Waals surface area (Å²) < 4.78 is 0. The van der Waals surface area contributed by atoms with Crippen molar-refractivity contribution in [1.29, 1.82) is 0 Å². The number of hydrogen-bond donors (Lipinski definition) is 8. The Morgan fingerprint density at radius 3 is 0.286 bits per heavy atom. The van der Waals surface area contributed by atoms with E-state index < -0.39 is 0 Å². The summed E-state index contributed by atoms with van der Waals surface area (Å²) in [4.78, 5) is 0. The molecule has 8 nitrogen and oxygen atoms in total. The first-order valence-corrected chi connectivity index (χ1v) is 16.2. The maximum atomic E-state index is 8.07. The second-order valence-electron chi connectivity index (χ2n) is 8.62. The van der Waals surface area contributed by atoms with E-state index >= 15 is 0 Å². The van der Waals surface area contributed by atoms with Gasteiger partial charge in [-0.3, -0.25) is 0 Å². The van der Waals surface area contributed by atoms with E-state index in [1.165, 1.54) is 0 Å². The summed E-state index contributed by atoms with van der Waals surface area (Å²) in [6.45, 7) is 19.2. The van der Waals surface area contributed by atoms with Crippen molar-refractivity contribution in [3.63, 3.8) is 0 Å². The predicted molar refractivity (Wildman–Crippen MR) is 176 cm³/mol. The Morgan fingerprint density at radius 1 is 0.214 bits per heavy atom. The van der Waals surface area contributed by atoms with Crippen LogP contribution in [0, 0.1) is 0 Å². The van der Waals surface area contributed by atoms with E-state index in [4.69, 9.17) is 40.9 Å². The van der Waals surface area contributed by atoms with Crippen molar-refractivity contribution in [3.8, 4) is 0 Å². The van der Waals surface area contributed by atoms with E-state index in [-0.39, 0.29) is 43.4 Å². The molecule has 0 bridgehead atoms. The topological polar surface area (TPSA) is 162 Å². The Kier molecular flexibility index (Phi) is 187. The van der Waals surface area contributed by atoms with Crippen LogP contribution in [0.5, 0.6) is 0 Å². The fraction of sp³-hybridized carbons (Fsp3) is 1.00. The van der Waals surface area contributed by atoms with Crippen LogP contribution in [0.25, 0.3) is 0 Å². The molecule has 0 rings (SSSR count). The monoisotopic (exact) mass is 688 g/mol. The van der Waals surface area contributed by atoms with Gasteiger partial charge in [-0.25, -0.2) is 0 Å². The zero-order valence-electron chi connectivity index (χ0n) is 29.5. The molecule has 0 aromatic rings. The first kappa shape index (κ1) is 69.7. The maximum Gasteiger partial charge on any atom is 0.0430 e. The quantitative estimate of drug-likeness (QED) is 0.0887. The third-order valence-corrected chi connectivity index (χ3v) is 4.09. The Hall–Kier alpha value is 1.11. The minimum atomic E-state index is 0. The molecule has 0 amide bonds. The number of unbranched alkanes of at least 4 members (excludes halogenated alkanes) is 8. The summed E-state index contributed by atoms with van der Waals surface area (Å²) in [7, 11) is 0. The van der Waals surface area contributed by atoms with Crippen LogP contribution in [-0.4, -0.2) is 93.7 Å². The predicted octanol–water partition coefficient (Wildman–Crippen LogP) is 6.23. The number of rotatable bonds is 16. The van der Waals surface area contributed by atoms with Crippen LogP contribution in [0.3, 0.4) is 0 Å². The molecule has 8 N–H and O–H groups in total. The van der Waals surface area contributed by atoms with Crippen molar-refractivity contribution in [2.24, 2.45) is 0 Å². The van der Waals surface area contributed by atoms with Gasteiger partial charge >= 0.3 is 0 Å². The van der Waals surface area contributed by atoms with Gasteiger partial charge in [0.15, 0.2) is 0 Å². The van der Waals surface area contributed by atoms with Crippen molar-refractivity contribution in [2.45, 2.75) is 158 Å². The molecule has 0 saturated carbocycles. The first-order chi connectivity index (χ1) is 19.3. The minimum Gasteiger partial charge on any atom is -0.396 e. The summed E-state index contributed by atoms with van der Waals surface area (Å²) in [5.74, 6) is 0. The molecule has 0 atom stereocenters. The average Bonchev–Trinajstić information content (AvgIpc) is 2.95. The van der Waals surface area contributed by atoms with Crippen LogP contribution in [0.2, 0.25) is 0 Å². The van der Waals surface area contributed by atoms with Gasteiger partial charge < -0.3 is 40.9 Å². The van der Waals surface area contributed by atoms with Gasteiger partial charge in [-0.05, 0) is 51.4 Å². The van der Waals surface area contributed by atoms with Gasteiger partial charge in [-0.1, -0.05) is 107 Å². The van der Waals surface area contributed by atoms with Gasteiger partial charge in [-0.15, -0.1) is 0 Å². The summed E-state index contributed by atoms with van der Waals surface area (Å²) in [6.07, 6.45) is 16.3. The molecule has 0 aliphatic heterocycles. The Bertz CT molecular complexity index is 173. The number of hydrogen-bond acceptors (Lipinski definition) is 8. The second-order valence-corrected chi connectivity index (χ2v) is 8.62. The molecule has 0 spiro atoms. The molecule has 264 valence electrons. The minimum absolute atomic E-state index is 0. The smallest absolute Gasteiger partial charge is 0.0430 e. The molecule has 0 aliphatic carbocycles. The molecule has 0 heterocycles. The summed E-state index contributed by atoms with van der Waals surface area (Å²) in [6, 6.07) is 0. The molecular weight excluding hydrogens is 608 g/mol. The molecule has 0 aromatic heterocycles. The molecule has 42 heavy (non-hydrogen) atoms. The van der Waals surface area contributed by atoms with E-state index in [1.54, 1.807) is 0 Å². The van der Waals surface area contributed by atoms with E-state index in [2.05, 4.69) is 55.4 Å². The van der Waals surface area contributed by atoms with Gasteiger partial charge in [-0.2, -0.15) is 0 Å². The Balaban J connectivity index is -0.0000000346. The maximum absolute atomic E-state index is 8.07. The van der Waals surface area contributed by atoms with Gasteiger partial charge in [0, 0.05) is 96.3 Å². The Morgan fingerprint density at radius 2 is 0.286 bits per heavy atom. The fourth-order valence-corrected chi connectivity index (χ4v) is 1.26. The van der Waals surface area contributed by atoms with Gasteiger partial charge in [0.05, 0.1) is 0 Å². The molecule has 0 aliphatic rings.